The third-order valence-electron chi connectivity index (χ3n) is 3.23. The van der Waals surface area contributed by atoms with Gasteiger partial charge in [-0.1, -0.05) is 72.8 Å². The van der Waals surface area contributed by atoms with E-state index in [0.29, 0.717) is 5.75 Å². The number of hydrogen-bond acceptors (Lipinski definition) is 2. The zero-order valence-electron chi connectivity index (χ0n) is 12.7. The van der Waals surface area contributed by atoms with E-state index < -0.39 is 0 Å². The predicted molar refractivity (Wildman–Crippen MR) is 95.8 cm³/mol. The molecular weight excluding hydrogens is 290 g/mol. The van der Waals surface area contributed by atoms with Crippen LogP contribution in [0.5, 0.6) is 0 Å². The molecule has 1 N–H and O–H groups in total. The van der Waals surface area contributed by atoms with Crippen LogP contribution in [0.3, 0.4) is 0 Å². The molecule has 0 saturated carbocycles. The topological polar surface area (TPSA) is 29.1 Å². The Bertz CT molecular complexity index is 595. The fraction of sp³-hybridized carbons (Fsp3) is 0.211. The molecule has 1 atom stereocenters. The monoisotopic (exact) mass is 311 g/mol. The number of rotatable bonds is 7. The van der Waals surface area contributed by atoms with Gasteiger partial charge < -0.3 is 5.32 Å². The molecule has 2 aromatic carbocycles. The van der Waals surface area contributed by atoms with Gasteiger partial charge in [-0.25, -0.2) is 0 Å². The minimum atomic E-state index is 0.0501. The molecule has 3 heteroatoms. The van der Waals surface area contributed by atoms with E-state index in [0.717, 1.165) is 11.3 Å². The second-order valence-corrected chi connectivity index (χ2v) is 6.06. The van der Waals surface area contributed by atoms with Crippen LogP contribution >= 0.6 is 11.8 Å². The van der Waals surface area contributed by atoms with Crippen molar-refractivity contribution in [1.82, 2.24) is 5.32 Å². The molecule has 22 heavy (non-hydrogen) atoms. The molecule has 0 aliphatic carbocycles. The van der Waals surface area contributed by atoms with E-state index in [-0.39, 0.29) is 11.9 Å². The minimum absolute atomic E-state index is 0.0501. The van der Waals surface area contributed by atoms with Crippen LogP contribution in [0.2, 0.25) is 0 Å². The zero-order valence-corrected chi connectivity index (χ0v) is 13.6. The largest absolute Gasteiger partial charge is 0.349 e. The fourth-order valence-electron chi connectivity index (χ4n) is 2.08. The molecule has 2 rings (SSSR count). The lowest BCUT2D eigenvalue weighted by molar-refractivity contribution is -0.119. The third kappa shape index (κ3) is 5.78. The number of nitrogens with one attached hydrogen (secondary N) is 1. The highest BCUT2D eigenvalue weighted by atomic mass is 32.2. The summed E-state index contributed by atoms with van der Waals surface area (Å²) >= 11 is 1.62. The molecule has 0 radical (unpaired) electrons. The number of thioether (sulfide) groups is 1. The Morgan fingerprint density at radius 1 is 1.09 bits per heavy atom. The van der Waals surface area contributed by atoms with Crippen molar-refractivity contribution in [3.05, 3.63) is 77.9 Å². The normalized spacial score (nSPS) is 12.2. The van der Waals surface area contributed by atoms with Crippen molar-refractivity contribution >= 4 is 23.7 Å². The minimum Gasteiger partial charge on any atom is -0.349 e. The quantitative estimate of drug-likeness (QED) is 0.772. The summed E-state index contributed by atoms with van der Waals surface area (Å²) in [7, 11) is 0. The van der Waals surface area contributed by atoms with Crippen LogP contribution in [0.25, 0.3) is 6.08 Å². The summed E-state index contributed by atoms with van der Waals surface area (Å²) in [5.41, 5.74) is 2.31. The van der Waals surface area contributed by atoms with Gasteiger partial charge in [0.05, 0.1) is 11.8 Å². The molecule has 0 unspecified atom stereocenters. The van der Waals surface area contributed by atoms with Crippen LogP contribution < -0.4 is 5.32 Å². The molecule has 0 aromatic heterocycles. The molecule has 0 spiro atoms. The molecule has 0 aliphatic rings. The molecule has 0 saturated heterocycles. The molecule has 0 heterocycles. The standard InChI is InChI=1S/C19H21NOS/c1-16(18-12-6-3-7-13-18)20-19(21)15-22-14-8-11-17-9-4-2-5-10-17/h2-13,16H,14-15H2,1H3,(H,20,21)/b11-8+/t16-/m0/s1. The Morgan fingerprint density at radius 2 is 1.73 bits per heavy atom. The Labute approximate surface area is 136 Å². The van der Waals surface area contributed by atoms with Gasteiger partial charge >= 0.3 is 0 Å². The molecule has 0 bridgehead atoms. The first-order valence-electron chi connectivity index (χ1n) is 7.39. The Balaban J connectivity index is 1.67. The number of carbonyl (C=O) groups excluding carboxylic acids is 1. The molecule has 2 nitrogen and oxygen atoms in total. The van der Waals surface area contributed by atoms with Gasteiger partial charge in [0.1, 0.15) is 0 Å². The first-order chi connectivity index (χ1) is 10.8. The molecule has 1 amide bonds. The van der Waals surface area contributed by atoms with Crippen molar-refractivity contribution in [2.45, 2.75) is 13.0 Å². The summed E-state index contributed by atoms with van der Waals surface area (Å²) in [5.74, 6) is 1.40. The summed E-state index contributed by atoms with van der Waals surface area (Å²) in [5, 5.41) is 3.02. The maximum atomic E-state index is 11.9. The number of benzene rings is 2. The van der Waals surface area contributed by atoms with Crippen molar-refractivity contribution in [3.8, 4) is 0 Å². The first-order valence-corrected chi connectivity index (χ1v) is 8.55. The van der Waals surface area contributed by atoms with Gasteiger partial charge in [0.25, 0.3) is 0 Å². The van der Waals surface area contributed by atoms with E-state index in [1.807, 2.05) is 55.5 Å². The fourth-order valence-corrected chi connectivity index (χ4v) is 2.70. The molecular formula is C19H21NOS. The van der Waals surface area contributed by atoms with Gasteiger partial charge in [0.2, 0.25) is 5.91 Å². The SMILES string of the molecule is C[C@H](NC(=O)CSC/C=C/c1ccccc1)c1ccccc1. The molecule has 0 aliphatic heterocycles. The van der Waals surface area contributed by atoms with E-state index in [1.54, 1.807) is 11.8 Å². The highest BCUT2D eigenvalue weighted by Gasteiger charge is 2.08. The smallest absolute Gasteiger partial charge is 0.230 e. The maximum absolute atomic E-state index is 11.9. The van der Waals surface area contributed by atoms with Crippen molar-refractivity contribution in [1.29, 1.82) is 0 Å². The van der Waals surface area contributed by atoms with Crippen molar-refractivity contribution < 1.29 is 4.79 Å². The third-order valence-corrected chi connectivity index (χ3v) is 4.13. The first kappa shape index (κ1) is 16.4. The average molecular weight is 311 g/mol. The summed E-state index contributed by atoms with van der Waals surface area (Å²) in [4.78, 5) is 11.9. The lowest BCUT2D eigenvalue weighted by Gasteiger charge is -2.13. The van der Waals surface area contributed by atoms with Gasteiger partial charge in [0.15, 0.2) is 0 Å². The Hall–Kier alpha value is -2.00. The van der Waals surface area contributed by atoms with Crippen molar-refractivity contribution in [2.75, 3.05) is 11.5 Å². The predicted octanol–water partition coefficient (Wildman–Crippen LogP) is 4.31. The molecule has 2 aromatic rings. The van der Waals surface area contributed by atoms with Crippen molar-refractivity contribution in [2.24, 2.45) is 0 Å². The van der Waals surface area contributed by atoms with Crippen LogP contribution in [0.15, 0.2) is 66.7 Å². The van der Waals surface area contributed by atoms with E-state index in [1.165, 1.54) is 5.56 Å². The summed E-state index contributed by atoms with van der Waals surface area (Å²) < 4.78 is 0. The lowest BCUT2D eigenvalue weighted by Crippen LogP contribution is -2.28. The van der Waals surface area contributed by atoms with Crippen LogP contribution in [-0.2, 0) is 4.79 Å². The highest BCUT2D eigenvalue weighted by molar-refractivity contribution is 8.00. The van der Waals surface area contributed by atoms with Gasteiger partial charge in [-0.15, -0.1) is 11.8 Å². The highest BCUT2D eigenvalue weighted by Crippen LogP contribution is 2.11. The summed E-state index contributed by atoms with van der Waals surface area (Å²) in [6.45, 7) is 2.01. The van der Waals surface area contributed by atoms with E-state index >= 15 is 0 Å². The lowest BCUT2D eigenvalue weighted by atomic mass is 10.1. The average Bonchev–Trinajstić information content (AvgIpc) is 2.56. The maximum Gasteiger partial charge on any atom is 0.230 e. The van der Waals surface area contributed by atoms with E-state index in [9.17, 15) is 4.79 Å². The van der Waals surface area contributed by atoms with Crippen LogP contribution in [0, 0.1) is 0 Å². The van der Waals surface area contributed by atoms with Crippen LogP contribution in [-0.4, -0.2) is 17.4 Å². The summed E-state index contributed by atoms with van der Waals surface area (Å²) in [6.07, 6.45) is 4.17. The number of carbonyl (C=O) groups is 1. The molecule has 114 valence electrons. The van der Waals surface area contributed by atoms with Crippen molar-refractivity contribution in [3.63, 3.8) is 0 Å². The second-order valence-electron chi connectivity index (χ2n) is 5.03. The van der Waals surface area contributed by atoms with Gasteiger partial charge in [-0.3, -0.25) is 4.79 Å². The van der Waals surface area contributed by atoms with Crippen LogP contribution in [0.4, 0.5) is 0 Å². The van der Waals surface area contributed by atoms with Crippen LogP contribution in [0.1, 0.15) is 24.1 Å². The number of hydrogen-bond donors (Lipinski definition) is 1. The number of amides is 1. The van der Waals surface area contributed by atoms with E-state index in [2.05, 4.69) is 29.6 Å². The molecule has 0 fully saturated rings. The zero-order chi connectivity index (χ0) is 15.6. The van der Waals surface area contributed by atoms with E-state index in [4.69, 9.17) is 0 Å². The summed E-state index contributed by atoms with van der Waals surface area (Å²) in [6, 6.07) is 20.2. The van der Waals surface area contributed by atoms with Gasteiger partial charge in [-0.05, 0) is 18.1 Å². The second kappa shape index (κ2) is 9.11. The van der Waals surface area contributed by atoms with Gasteiger partial charge in [0, 0.05) is 5.75 Å². The Kier molecular flexibility index (Phi) is 6.78. The van der Waals surface area contributed by atoms with Gasteiger partial charge in [-0.2, -0.15) is 0 Å². The Morgan fingerprint density at radius 3 is 2.41 bits per heavy atom.